The van der Waals surface area contributed by atoms with Crippen LogP contribution in [0.2, 0.25) is 0 Å². The molecule has 0 aromatic heterocycles. The minimum atomic E-state index is -0.983. The minimum Gasteiger partial charge on any atom is -0.366 e. The van der Waals surface area contributed by atoms with E-state index in [-0.39, 0.29) is 11.9 Å². The van der Waals surface area contributed by atoms with E-state index in [0.717, 1.165) is 17.0 Å². The quantitative estimate of drug-likeness (QED) is 0.899. The van der Waals surface area contributed by atoms with E-state index in [1.165, 1.54) is 0 Å². The molecule has 2 rings (SSSR count). The van der Waals surface area contributed by atoms with Crippen LogP contribution in [0.1, 0.15) is 18.5 Å². The van der Waals surface area contributed by atoms with Gasteiger partial charge in [0.1, 0.15) is 6.10 Å². The van der Waals surface area contributed by atoms with Crippen molar-refractivity contribution in [2.24, 2.45) is 0 Å². The maximum Gasteiger partial charge on any atom is 0.253 e. The molecule has 6 heteroatoms. The van der Waals surface area contributed by atoms with Gasteiger partial charge < -0.3 is 15.0 Å². The van der Waals surface area contributed by atoms with Crippen LogP contribution in [0.3, 0.4) is 0 Å². The number of rotatable bonds is 4. The zero-order valence-electron chi connectivity index (χ0n) is 12.7. The third kappa shape index (κ3) is 3.90. The van der Waals surface area contributed by atoms with Gasteiger partial charge in [-0.3, -0.25) is 9.00 Å². The number of carbonyl (C=O) groups is 1. The molecule has 5 nitrogen and oxygen atoms in total. The molecule has 0 radical (unpaired) electrons. The van der Waals surface area contributed by atoms with E-state index in [1.54, 1.807) is 18.2 Å². The van der Waals surface area contributed by atoms with Crippen LogP contribution >= 0.6 is 0 Å². The van der Waals surface area contributed by atoms with Gasteiger partial charge in [-0.15, -0.1) is 0 Å². The lowest BCUT2D eigenvalue weighted by atomic mass is 10.1. The molecule has 0 bridgehead atoms. The van der Waals surface area contributed by atoms with E-state index in [4.69, 9.17) is 4.74 Å². The SMILES string of the molecule is CC(c1ccc(S(C)=O)cc1)N(C)C(=O)C1CNCCO1. The second kappa shape index (κ2) is 7.15. The Morgan fingerprint density at radius 2 is 2.10 bits per heavy atom. The van der Waals surface area contributed by atoms with Crippen LogP contribution in [-0.4, -0.2) is 54.1 Å². The van der Waals surface area contributed by atoms with Gasteiger partial charge in [0.25, 0.3) is 5.91 Å². The molecule has 1 amide bonds. The number of amides is 1. The van der Waals surface area contributed by atoms with Gasteiger partial charge in [-0.2, -0.15) is 0 Å². The van der Waals surface area contributed by atoms with Gasteiger partial charge in [0.2, 0.25) is 0 Å². The minimum absolute atomic E-state index is 0.0159. The van der Waals surface area contributed by atoms with Gasteiger partial charge in [-0.05, 0) is 24.6 Å². The lowest BCUT2D eigenvalue weighted by Crippen LogP contribution is -2.48. The summed E-state index contributed by atoms with van der Waals surface area (Å²) in [6, 6.07) is 7.48. The summed E-state index contributed by atoms with van der Waals surface area (Å²) in [6.45, 7) is 3.89. The average molecular weight is 310 g/mol. The fraction of sp³-hybridized carbons (Fsp3) is 0.533. The smallest absolute Gasteiger partial charge is 0.253 e. The topological polar surface area (TPSA) is 58.6 Å². The van der Waals surface area contributed by atoms with Crippen LogP contribution < -0.4 is 5.32 Å². The molecular formula is C15H22N2O3S. The third-order valence-electron chi connectivity index (χ3n) is 3.83. The van der Waals surface area contributed by atoms with Crippen LogP contribution in [0.15, 0.2) is 29.2 Å². The lowest BCUT2D eigenvalue weighted by molar-refractivity contribution is -0.145. The van der Waals surface area contributed by atoms with Crippen LogP contribution in [0.25, 0.3) is 0 Å². The molecule has 0 spiro atoms. The van der Waals surface area contributed by atoms with Crippen LogP contribution in [0.4, 0.5) is 0 Å². The molecule has 1 N–H and O–H groups in total. The molecule has 1 aromatic carbocycles. The fourth-order valence-electron chi connectivity index (χ4n) is 2.30. The van der Waals surface area contributed by atoms with E-state index in [9.17, 15) is 9.00 Å². The number of benzene rings is 1. The molecule has 116 valence electrons. The Morgan fingerprint density at radius 1 is 1.43 bits per heavy atom. The van der Waals surface area contributed by atoms with Gasteiger partial charge in [0, 0.05) is 42.1 Å². The van der Waals surface area contributed by atoms with Crippen molar-refractivity contribution >= 4 is 16.7 Å². The monoisotopic (exact) mass is 310 g/mol. The lowest BCUT2D eigenvalue weighted by Gasteiger charge is -2.31. The number of nitrogens with one attached hydrogen (secondary N) is 1. The zero-order chi connectivity index (χ0) is 15.4. The third-order valence-corrected chi connectivity index (χ3v) is 4.76. The van der Waals surface area contributed by atoms with Crippen molar-refractivity contribution < 1.29 is 13.7 Å². The molecule has 3 unspecified atom stereocenters. The highest BCUT2D eigenvalue weighted by atomic mass is 32.2. The highest BCUT2D eigenvalue weighted by Gasteiger charge is 2.27. The number of likely N-dealkylation sites (N-methyl/N-ethyl adjacent to an activating group) is 1. The Balaban J connectivity index is 2.05. The van der Waals surface area contributed by atoms with Gasteiger partial charge in [0.05, 0.1) is 12.6 Å². The Hall–Kier alpha value is -1.24. The molecule has 1 aliphatic heterocycles. The standard InChI is InChI=1S/C15H22N2O3S/c1-11(12-4-6-13(7-5-12)21(3)19)17(2)15(18)14-10-16-8-9-20-14/h4-7,11,14,16H,8-10H2,1-3H3. The average Bonchev–Trinajstić information content (AvgIpc) is 2.53. The molecule has 0 saturated carbocycles. The first-order valence-corrected chi connectivity index (χ1v) is 8.59. The summed E-state index contributed by atoms with van der Waals surface area (Å²) in [5.74, 6) is -0.0159. The molecule has 1 saturated heterocycles. The fourth-order valence-corrected chi connectivity index (χ4v) is 2.82. The highest BCUT2D eigenvalue weighted by Crippen LogP contribution is 2.21. The second-order valence-electron chi connectivity index (χ2n) is 5.21. The van der Waals surface area contributed by atoms with Crippen molar-refractivity contribution in [1.29, 1.82) is 0 Å². The Morgan fingerprint density at radius 3 is 2.62 bits per heavy atom. The van der Waals surface area contributed by atoms with Crippen molar-refractivity contribution in [2.75, 3.05) is 33.0 Å². The van der Waals surface area contributed by atoms with E-state index < -0.39 is 16.9 Å². The number of morpholine rings is 1. The predicted molar refractivity (Wildman–Crippen MR) is 82.6 cm³/mol. The summed E-state index contributed by atoms with van der Waals surface area (Å²) >= 11 is 0. The molecule has 21 heavy (non-hydrogen) atoms. The zero-order valence-corrected chi connectivity index (χ0v) is 13.5. The predicted octanol–water partition coefficient (Wildman–Crippen LogP) is 0.932. The first kappa shape index (κ1) is 16.1. The molecular weight excluding hydrogens is 288 g/mol. The van der Waals surface area contributed by atoms with E-state index in [1.807, 2.05) is 31.2 Å². The van der Waals surface area contributed by atoms with Gasteiger partial charge in [0.15, 0.2) is 0 Å². The Bertz CT molecular complexity index is 512. The normalized spacial score (nSPS) is 21.6. The summed E-state index contributed by atoms with van der Waals surface area (Å²) in [5, 5.41) is 3.16. The largest absolute Gasteiger partial charge is 0.366 e. The molecule has 1 heterocycles. The Labute approximate surface area is 128 Å². The summed E-state index contributed by atoms with van der Waals surface area (Å²) in [4.78, 5) is 14.9. The van der Waals surface area contributed by atoms with Crippen LogP contribution in [0, 0.1) is 0 Å². The number of ether oxygens (including phenoxy) is 1. The maximum atomic E-state index is 12.4. The first-order chi connectivity index (χ1) is 10.0. The van der Waals surface area contributed by atoms with Crippen LogP contribution in [0.5, 0.6) is 0 Å². The van der Waals surface area contributed by atoms with Crippen LogP contribution in [-0.2, 0) is 20.3 Å². The van der Waals surface area contributed by atoms with Crippen molar-refractivity contribution in [2.45, 2.75) is 24.0 Å². The van der Waals surface area contributed by atoms with Gasteiger partial charge >= 0.3 is 0 Å². The summed E-state index contributed by atoms with van der Waals surface area (Å²) in [7, 11) is 0.806. The Kier molecular flexibility index (Phi) is 5.50. The van der Waals surface area contributed by atoms with Crippen molar-refractivity contribution in [3.8, 4) is 0 Å². The maximum absolute atomic E-state index is 12.4. The number of nitrogens with zero attached hydrogens (tertiary/aromatic N) is 1. The summed E-state index contributed by atoms with van der Waals surface area (Å²) in [6.07, 6.45) is 1.25. The number of hydrogen-bond donors (Lipinski definition) is 1. The summed E-state index contributed by atoms with van der Waals surface area (Å²) < 4.78 is 16.9. The van der Waals surface area contributed by atoms with Gasteiger partial charge in [-0.25, -0.2) is 0 Å². The van der Waals surface area contributed by atoms with E-state index in [0.29, 0.717) is 13.2 Å². The summed E-state index contributed by atoms with van der Waals surface area (Å²) in [5.41, 5.74) is 1.02. The van der Waals surface area contributed by atoms with Crippen molar-refractivity contribution in [1.82, 2.24) is 10.2 Å². The van der Waals surface area contributed by atoms with E-state index in [2.05, 4.69) is 5.32 Å². The van der Waals surface area contributed by atoms with Crippen molar-refractivity contribution in [3.63, 3.8) is 0 Å². The van der Waals surface area contributed by atoms with E-state index >= 15 is 0 Å². The highest BCUT2D eigenvalue weighted by molar-refractivity contribution is 7.84. The molecule has 3 atom stereocenters. The molecule has 1 aliphatic rings. The van der Waals surface area contributed by atoms with Crippen molar-refractivity contribution in [3.05, 3.63) is 29.8 Å². The first-order valence-electron chi connectivity index (χ1n) is 7.03. The molecule has 0 aliphatic carbocycles. The number of hydrogen-bond acceptors (Lipinski definition) is 4. The number of carbonyl (C=O) groups excluding carboxylic acids is 1. The molecule has 1 aromatic rings. The van der Waals surface area contributed by atoms with Gasteiger partial charge in [-0.1, -0.05) is 12.1 Å². The molecule has 1 fully saturated rings. The second-order valence-corrected chi connectivity index (χ2v) is 6.59.